The molecule has 2 atom stereocenters. The highest BCUT2D eigenvalue weighted by Gasteiger charge is 2.35. The Kier molecular flexibility index (Phi) is 6.33. The van der Waals surface area contributed by atoms with E-state index in [0.717, 1.165) is 22.7 Å². The number of sulfonamides is 1. The minimum Gasteiger partial charge on any atom is -0.390 e. The summed E-state index contributed by atoms with van der Waals surface area (Å²) in [5.74, 6) is -0.678. The first-order chi connectivity index (χ1) is 17.5. The summed E-state index contributed by atoms with van der Waals surface area (Å²) in [6.45, 7) is -0.0247. The van der Waals surface area contributed by atoms with Gasteiger partial charge in [0, 0.05) is 25.4 Å². The van der Waals surface area contributed by atoms with Gasteiger partial charge in [-0.05, 0) is 30.7 Å². The molecule has 0 unspecified atom stereocenters. The molecule has 1 aromatic carbocycles. The maximum Gasteiger partial charge on any atom is 0.417 e. The number of β-amino-alcohol motifs (C(OH)–C–C–N with tert-alkyl or cyclic N) is 1. The molecule has 1 fully saturated rings. The number of aliphatic hydroxyl groups excluding tert-OH is 1. The third-order valence-electron chi connectivity index (χ3n) is 6.06. The number of nitrogens with one attached hydrogen (secondary N) is 1. The van der Waals surface area contributed by atoms with E-state index in [1.807, 2.05) is 0 Å². The fourth-order valence-electron chi connectivity index (χ4n) is 4.11. The van der Waals surface area contributed by atoms with Gasteiger partial charge >= 0.3 is 6.18 Å². The van der Waals surface area contributed by atoms with Crippen molar-refractivity contribution in [2.75, 3.05) is 18.4 Å². The van der Waals surface area contributed by atoms with Crippen LogP contribution in [0.4, 0.5) is 23.5 Å². The van der Waals surface area contributed by atoms with Gasteiger partial charge in [0.15, 0.2) is 5.82 Å². The Morgan fingerprint density at radius 1 is 1.05 bits per heavy atom. The van der Waals surface area contributed by atoms with E-state index in [-0.39, 0.29) is 47.3 Å². The normalized spacial score (nSPS) is 19.3. The predicted octanol–water partition coefficient (Wildman–Crippen LogP) is 3.19. The van der Waals surface area contributed by atoms with E-state index in [4.69, 9.17) is 0 Å². The van der Waals surface area contributed by atoms with Crippen molar-refractivity contribution >= 4 is 21.5 Å². The van der Waals surface area contributed by atoms with Crippen molar-refractivity contribution < 1.29 is 31.1 Å². The summed E-state index contributed by atoms with van der Waals surface area (Å²) < 4.78 is 81.2. The van der Waals surface area contributed by atoms with Crippen LogP contribution in [0, 0.1) is 5.82 Å². The first-order valence-corrected chi connectivity index (χ1v) is 12.6. The zero-order valence-corrected chi connectivity index (χ0v) is 19.8. The van der Waals surface area contributed by atoms with E-state index in [1.54, 1.807) is 18.2 Å². The zero-order chi connectivity index (χ0) is 26.4. The van der Waals surface area contributed by atoms with Crippen LogP contribution in [-0.4, -0.2) is 62.6 Å². The van der Waals surface area contributed by atoms with Gasteiger partial charge in [0.25, 0.3) is 0 Å². The number of hydrogen-bond donors (Lipinski definition) is 2. The van der Waals surface area contributed by atoms with Crippen molar-refractivity contribution in [3.63, 3.8) is 0 Å². The Morgan fingerprint density at radius 2 is 1.81 bits per heavy atom. The van der Waals surface area contributed by atoms with Crippen molar-refractivity contribution in [1.82, 2.24) is 23.9 Å². The van der Waals surface area contributed by atoms with Crippen LogP contribution in [0.2, 0.25) is 0 Å². The Hall–Kier alpha value is -3.62. The highest BCUT2D eigenvalue weighted by molar-refractivity contribution is 7.89. The van der Waals surface area contributed by atoms with E-state index in [2.05, 4.69) is 20.4 Å². The maximum absolute atomic E-state index is 14.5. The molecule has 1 saturated heterocycles. The molecule has 37 heavy (non-hydrogen) atoms. The fraction of sp³-hybridized carbons (Fsp3) is 0.261. The highest BCUT2D eigenvalue weighted by Crippen LogP contribution is 2.31. The molecule has 4 heterocycles. The quantitative estimate of drug-likeness (QED) is 0.377. The van der Waals surface area contributed by atoms with Crippen molar-refractivity contribution in [2.45, 2.75) is 29.6 Å². The molecule has 0 aliphatic carbocycles. The minimum absolute atomic E-state index is 0.0136. The average molecular weight is 537 g/mol. The van der Waals surface area contributed by atoms with Gasteiger partial charge in [-0.1, -0.05) is 18.2 Å². The number of benzene rings is 1. The number of hydrogen-bond acceptors (Lipinski definition) is 7. The van der Waals surface area contributed by atoms with E-state index in [9.17, 15) is 31.1 Å². The molecule has 0 spiro atoms. The van der Waals surface area contributed by atoms with E-state index >= 15 is 0 Å². The van der Waals surface area contributed by atoms with Crippen molar-refractivity contribution in [2.24, 2.45) is 0 Å². The van der Waals surface area contributed by atoms with E-state index in [0.29, 0.717) is 6.20 Å². The number of alkyl halides is 3. The summed E-state index contributed by atoms with van der Waals surface area (Å²) in [4.78, 5) is 8.00. The van der Waals surface area contributed by atoms with Gasteiger partial charge in [-0.25, -0.2) is 22.3 Å². The van der Waals surface area contributed by atoms with Gasteiger partial charge in [-0.3, -0.25) is 4.98 Å². The van der Waals surface area contributed by atoms with Crippen LogP contribution < -0.4 is 5.32 Å². The van der Waals surface area contributed by atoms with Crippen LogP contribution in [0.3, 0.4) is 0 Å². The van der Waals surface area contributed by atoms with Gasteiger partial charge in [0.1, 0.15) is 5.52 Å². The molecule has 9 nitrogen and oxygen atoms in total. The van der Waals surface area contributed by atoms with Crippen LogP contribution in [0.15, 0.2) is 65.8 Å². The summed E-state index contributed by atoms with van der Waals surface area (Å²) >= 11 is 0. The molecule has 1 aliphatic heterocycles. The third-order valence-corrected chi connectivity index (χ3v) is 7.94. The number of anilines is 1. The second kappa shape index (κ2) is 9.36. The minimum atomic E-state index is -4.56. The fourth-order valence-corrected chi connectivity index (χ4v) is 5.61. The molecule has 3 aromatic heterocycles. The molecular weight excluding hydrogens is 516 g/mol. The van der Waals surface area contributed by atoms with Gasteiger partial charge in [0.2, 0.25) is 16.0 Å². The monoisotopic (exact) mass is 536 g/mol. The topological polar surface area (TPSA) is 113 Å². The molecule has 1 aliphatic rings. The standard InChI is InChI=1S/C23H20F4N6O3S/c24-16-10-19(17-7-6-14(11-28-17)23(25,26)27)33-20(16)12-29-22(31-33)30-18-8-9-32(13-21(18)34)37(35,36)15-4-2-1-3-5-15/h1-7,10-12,18,21,34H,8-9,13H2,(H,30,31)/t18-,21-/m1/s1. The number of piperidine rings is 1. The molecule has 0 saturated carbocycles. The Balaban J connectivity index is 1.36. The van der Waals surface area contributed by atoms with Gasteiger partial charge in [-0.2, -0.15) is 17.5 Å². The second-order valence-electron chi connectivity index (χ2n) is 8.47. The molecule has 5 rings (SSSR count). The molecule has 0 bridgehead atoms. The Bertz CT molecular complexity index is 1530. The van der Waals surface area contributed by atoms with Gasteiger partial charge in [0.05, 0.1) is 40.2 Å². The van der Waals surface area contributed by atoms with E-state index in [1.165, 1.54) is 22.6 Å². The van der Waals surface area contributed by atoms with Crippen LogP contribution in [-0.2, 0) is 16.2 Å². The third kappa shape index (κ3) is 4.86. The maximum atomic E-state index is 14.5. The zero-order valence-electron chi connectivity index (χ0n) is 19.0. The van der Waals surface area contributed by atoms with E-state index < -0.39 is 39.7 Å². The molecule has 194 valence electrons. The highest BCUT2D eigenvalue weighted by atomic mass is 32.2. The van der Waals surface area contributed by atoms with Crippen LogP contribution in [0.25, 0.3) is 16.9 Å². The predicted molar refractivity (Wildman–Crippen MR) is 124 cm³/mol. The number of pyridine rings is 1. The molecular formula is C23H20F4N6O3S. The Morgan fingerprint density at radius 3 is 2.46 bits per heavy atom. The number of nitrogens with zero attached hydrogens (tertiary/aromatic N) is 5. The summed E-state index contributed by atoms with van der Waals surface area (Å²) in [6, 6.07) is 10.3. The summed E-state index contributed by atoms with van der Waals surface area (Å²) in [5, 5.41) is 17.8. The molecule has 14 heteroatoms. The Labute approximate surface area is 208 Å². The molecule has 4 aromatic rings. The molecule has 2 N–H and O–H groups in total. The lowest BCUT2D eigenvalue weighted by atomic mass is 10.0. The first kappa shape index (κ1) is 25.0. The largest absolute Gasteiger partial charge is 0.417 e. The summed E-state index contributed by atoms with van der Waals surface area (Å²) in [7, 11) is -3.77. The number of halogens is 4. The summed E-state index contributed by atoms with van der Waals surface area (Å²) in [5.41, 5.74) is -0.789. The second-order valence-corrected chi connectivity index (χ2v) is 10.4. The average Bonchev–Trinajstić information content (AvgIpc) is 3.21. The van der Waals surface area contributed by atoms with Crippen molar-refractivity contribution in [3.05, 3.63) is 72.3 Å². The molecule has 0 amide bonds. The lowest BCUT2D eigenvalue weighted by Crippen LogP contribution is -2.51. The number of aliphatic hydroxyl groups is 1. The number of aromatic nitrogens is 4. The van der Waals surface area contributed by atoms with Crippen molar-refractivity contribution in [3.8, 4) is 11.4 Å². The first-order valence-electron chi connectivity index (χ1n) is 11.1. The lowest BCUT2D eigenvalue weighted by Gasteiger charge is -2.35. The summed E-state index contributed by atoms with van der Waals surface area (Å²) in [6.07, 6.45) is -3.57. The van der Waals surface area contributed by atoms with Gasteiger partial charge in [-0.15, -0.1) is 5.10 Å². The van der Waals surface area contributed by atoms with Crippen LogP contribution in [0.1, 0.15) is 12.0 Å². The van der Waals surface area contributed by atoms with Gasteiger partial charge < -0.3 is 10.4 Å². The van der Waals surface area contributed by atoms with Crippen molar-refractivity contribution in [1.29, 1.82) is 0 Å². The SMILES string of the molecule is O=S(=O)(c1ccccc1)N1CC[C@@H](Nc2ncc3c(F)cc(-c4ccc(C(F)(F)F)cn4)n3n2)[C@H](O)C1. The van der Waals surface area contributed by atoms with Crippen LogP contribution in [0.5, 0.6) is 0 Å². The lowest BCUT2D eigenvalue weighted by molar-refractivity contribution is -0.137. The van der Waals surface area contributed by atoms with Crippen LogP contribution >= 0.6 is 0 Å². The number of fused-ring (bicyclic) bond motifs is 1. The molecule has 0 radical (unpaired) electrons. The number of rotatable bonds is 5. The smallest absolute Gasteiger partial charge is 0.390 e.